The maximum Gasteiger partial charge on any atom is 0.0462 e. The van der Waals surface area contributed by atoms with E-state index < -0.39 is 0 Å². The fraction of sp³-hybridized carbons (Fsp3) is 0. The molecule has 10 rings (SSSR count). The number of fused-ring (bicyclic) bond motifs is 3. The molecule has 0 heterocycles. The Morgan fingerprint density at radius 3 is 0.930 bits per heavy atom. The summed E-state index contributed by atoms with van der Waals surface area (Å²) in [4.78, 5) is 2.34. The number of benzene rings is 10. The molecule has 0 spiro atoms. The minimum atomic E-state index is 1.10. The second-order valence-electron chi connectivity index (χ2n) is 14.5. The molecule has 10 aromatic rings. The summed E-state index contributed by atoms with van der Waals surface area (Å²) in [6, 6.07) is 85.5. The molecule has 0 saturated heterocycles. The molecule has 0 aromatic heterocycles. The summed E-state index contributed by atoms with van der Waals surface area (Å²) in [6.07, 6.45) is 0. The van der Waals surface area contributed by atoms with Gasteiger partial charge in [0.2, 0.25) is 0 Å². The van der Waals surface area contributed by atoms with E-state index in [4.69, 9.17) is 0 Å². The summed E-state index contributed by atoms with van der Waals surface area (Å²) in [5.74, 6) is 0. The van der Waals surface area contributed by atoms with E-state index in [-0.39, 0.29) is 0 Å². The van der Waals surface area contributed by atoms with Gasteiger partial charge >= 0.3 is 0 Å². The summed E-state index contributed by atoms with van der Waals surface area (Å²) >= 11 is 0. The van der Waals surface area contributed by atoms with Crippen molar-refractivity contribution in [3.63, 3.8) is 0 Å². The van der Waals surface area contributed by atoms with E-state index in [1.807, 2.05) is 0 Å². The third kappa shape index (κ3) is 6.56. The molecule has 1 nitrogen and oxygen atoms in total. The lowest BCUT2D eigenvalue weighted by Crippen LogP contribution is -2.09. The van der Waals surface area contributed by atoms with Crippen LogP contribution in [0.5, 0.6) is 0 Å². The number of hydrogen-bond donors (Lipinski definition) is 0. The van der Waals surface area contributed by atoms with Gasteiger partial charge < -0.3 is 4.90 Å². The molecule has 0 N–H and O–H groups in total. The molecule has 268 valence electrons. The lowest BCUT2D eigenvalue weighted by molar-refractivity contribution is 1.28. The summed E-state index contributed by atoms with van der Waals surface area (Å²) in [6.45, 7) is 0. The Morgan fingerprint density at radius 1 is 0.193 bits per heavy atom. The van der Waals surface area contributed by atoms with Crippen molar-refractivity contribution < 1.29 is 0 Å². The van der Waals surface area contributed by atoms with E-state index >= 15 is 0 Å². The smallest absolute Gasteiger partial charge is 0.0462 e. The second-order valence-corrected chi connectivity index (χ2v) is 14.5. The summed E-state index contributed by atoms with van der Waals surface area (Å²) < 4.78 is 0. The first-order chi connectivity index (χ1) is 28.3. The predicted molar refractivity (Wildman–Crippen MR) is 243 cm³/mol. The largest absolute Gasteiger partial charge is 0.311 e. The van der Waals surface area contributed by atoms with Crippen molar-refractivity contribution in [3.05, 3.63) is 237 Å². The zero-order valence-corrected chi connectivity index (χ0v) is 31.5. The average molecular weight is 726 g/mol. The van der Waals surface area contributed by atoms with Crippen molar-refractivity contribution in [3.8, 4) is 55.6 Å². The van der Waals surface area contributed by atoms with Crippen molar-refractivity contribution in [1.82, 2.24) is 0 Å². The lowest BCUT2D eigenvalue weighted by Gasteiger charge is -2.26. The Labute approximate surface area is 334 Å². The van der Waals surface area contributed by atoms with Crippen LogP contribution in [0.3, 0.4) is 0 Å². The third-order valence-corrected chi connectivity index (χ3v) is 11.1. The Morgan fingerprint density at radius 2 is 0.491 bits per heavy atom. The van der Waals surface area contributed by atoms with E-state index in [0.717, 1.165) is 17.1 Å². The van der Waals surface area contributed by atoms with Crippen LogP contribution in [-0.4, -0.2) is 0 Å². The van der Waals surface area contributed by atoms with Gasteiger partial charge in [0, 0.05) is 17.1 Å². The Balaban J connectivity index is 1.06. The first-order valence-corrected chi connectivity index (χ1v) is 19.6. The van der Waals surface area contributed by atoms with Crippen LogP contribution in [0.2, 0.25) is 0 Å². The lowest BCUT2D eigenvalue weighted by atomic mass is 9.84. The number of anilines is 3. The highest BCUT2D eigenvalue weighted by Gasteiger charge is 2.18. The van der Waals surface area contributed by atoms with Crippen molar-refractivity contribution in [1.29, 1.82) is 0 Å². The van der Waals surface area contributed by atoms with Crippen LogP contribution in [0.1, 0.15) is 0 Å². The normalized spacial score (nSPS) is 11.2. The SMILES string of the molecule is c1ccc(-c2ccc(N(c3ccc(-c4ccccc4)cc3)c3ccc(-c4cccc(-c5c(-c6ccccc6)c6ccccc6c6ccccc56)c4)cc3)cc2)cc1. The van der Waals surface area contributed by atoms with Crippen LogP contribution in [0.25, 0.3) is 77.2 Å². The predicted octanol–water partition coefficient (Wildman–Crippen LogP) is 15.8. The zero-order chi connectivity index (χ0) is 38.0. The molecule has 0 amide bonds. The van der Waals surface area contributed by atoms with Crippen LogP contribution in [0.4, 0.5) is 17.1 Å². The quantitative estimate of drug-likeness (QED) is 0.141. The molecule has 0 aliphatic carbocycles. The van der Waals surface area contributed by atoms with E-state index in [1.165, 1.54) is 77.2 Å². The van der Waals surface area contributed by atoms with Crippen LogP contribution in [0, 0.1) is 0 Å². The molecule has 1 heteroatoms. The summed E-state index contributed by atoms with van der Waals surface area (Å²) in [5.41, 5.74) is 15.4. The monoisotopic (exact) mass is 725 g/mol. The third-order valence-electron chi connectivity index (χ3n) is 11.1. The van der Waals surface area contributed by atoms with Gasteiger partial charge in [0.05, 0.1) is 0 Å². The fourth-order valence-corrected chi connectivity index (χ4v) is 8.32. The maximum atomic E-state index is 2.36. The fourth-order valence-electron chi connectivity index (χ4n) is 8.32. The molecule has 0 aliphatic rings. The number of hydrogen-bond acceptors (Lipinski definition) is 1. The van der Waals surface area contributed by atoms with Crippen molar-refractivity contribution >= 4 is 38.6 Å². The minimum absolute atomic E-state index is 1.10. The van der Waals surface area contributed by atoms with Gasteiger partial charge in [0.25, 0.3) is 0 Å². The molecule has 0 saturated carbocycles. The molecule has 10 aromatic carbocycles. The molecule has 0 radical (unpaired) electrons. The summed E-state index contributed by atoms with van der Waals surface area (Å²) in [5, 5.41) is 5.07. The van der Waals surface area contributed by atoms with Crippen molar-refractivity contribution in [2.75, 3.05) is 4.90 Å². The Bertz CT molecular complexity index is 2870. The van der Waals surface area contributed by atoms with E-state index in [0.29, 0.717) is 0 Å². The Hall–Kier alpha value is -7.48. The van der Waals surface area contributed by atoms with Gasteiger partial charge in [-0.3, -0.25) is 0 Å². The molecular weight excluding hydrogens is 687 g/mol. The zero-order valence-electron chi connectivity index (χ0n) is 31.5. The van der Waals surface area contributed by atoms with Crippen LogP contribution < -0.4 is 4.90 Å². The van der Waals surface area contributed by atoms with Crippen LogP contribution in [0.15, 0.2) is 237 Å². The van der Waals surface area contributed by atoms with Crippen molar-refractivity contribution in [2.45, 2.75) is 0 Å². The van der Waals surface area contributed by atoms with Gasteiger partial charge in [0.1, 0.15) is 0 Å². The van der Waals surface area contributed by atoms with E-state index in [9.17, 15) is 0 Å². The highest BCUT2D eigenvalue weighted by atomic mass is 15.1. The number of rotatable bonds is 8. The standard InChI is InChI=1S/C56H39N/c1-4-15-40(16-5-1)42-27-33-48(34-28-42)57(49-35-29-43(30-36-49)41-17-6-2-7-18-41)50-37-31-44(32-38-50)46-21-14-22-47(39-46)56-54-26-13-11-24-52(54)51-23-10-12-25-53(51)55(56)45-19-8-3-9-20-45/h1-39H. The topological polar surface area (TPSA) is 3.24 Å². The molecule has 0 fully saturated rings. The van der Waals surface area contributed by atoms with Gasteiger partial charge in [0.15, 0.2) is 0 Å². The van der Waals surface area contributed by atoms with Gasteiger partial charge in [-0.25, -0.2) is 0 Å². The second kappa shape index (κ2) is 15.0. The average Bonchev–Trinajstić information content (AvgIpc) is 3.30. The first-order valence-electron chi connectivity index (χ1n) is 19.6. The molecule has 57 heavy (non-hydrogen) atoms. The van der Waals surface area contributed by atoms with E-state index in [2.05, 4.69) is 241 Å². The number of nitrogens with zero attached hydrogens (tertiary/aromatic N) is 1. The molecule has 0 unspecified atom stereocenters. The molecule has 0 atom stereocenters. The highest BCUT2D eigenvalue weighted by Crippen LogP contribution is 2.45. The maximum absolute atomic E-state index is 2.36. The van der Waals surface area contributed by atoms with Gasteiger partial charge in [-0.15, -0.1) is 0 Å². The van der Waals surface area contributed by atoms with Gasteiger partial charge in [-0.05, 0) is 120 Å². The minimum Gasteiger partial charge on any atom is -0.311 e. The molecule has 0 bridgehead atoms. The molecule has 0 aliphatic heterocycles. The first kappa shape index (κ1) is 34.0. The van der Waals surface area contributed by atoms with Gasteiger partial charge in [-0.1, -0.05) is 194 Å². The Kier molecular flexibility index (Phi) is 8.95. The van der Waals surface area contributed by atoms with Crippen LogP contribution in [-0.2, 0) is 0 Å². The molecular formula is C56H39N. The summed E-state index contributed by atoms with van der Waals surface area (Å²) in [7, 11) is 0. The van der Waals surface area contributed by atoms with E-state index in [1.54, 1.807) is 0 Å². The van der Waals surface area contributed by atoms with Gasteiger partial charge in [-0.2, -0.15) is 0 Å². The van der Waals surface area contributed by atoms with Crippen LogP contribution >= 0.6 is 0 Å². The van der Waals surface area contributed by atoms with Crippen molar-refractivity contribution in [2.24, 2.45) is 0 Å². The highest BCUT2D eigenvalue weighted by molar-refractivity contribution is 6.21.